The summed E-state index contributed by atoms with van der Waals surface area (Å²) in [5.41, 5.74) is 2.87. The van der Waals surface area contributed by atoms with Crippen LogP contribution in [0.1, 0.15) is 18.9 Å². The topological polar surface area (TPSA) is 56.6 Å². The van der Waals surface area contributed by atoms with Crippen LogP contribution in [-0.4, -0.2) is 15.9 Å². The van der Waals surface area contributed by atoms with Gasteiger partial charge in [0.25, 0.3) is 0 Å². The van der Waals surface area contributed by atoms with Crippen LogP contribution < -0.4 is 4.74 Å². The molecule has 5 heteroatoms. The van der Waals surface area contributed by atoms with Crippen molar-refractivity contribution >= 4 is 5.90 Å². The molecule has 2 heterocycles. The summed E-state index contributed by atoms with van der Waals surface area (Å²) < 4.78 is 5.69. The summed E-state index contributed by atoms with van der Waals surface area (Å²) in [7, 11) is 0. The van der Waals surface area contributed by atoms with Crippen molar-refractivity contribution in [2.24, 2.45) is 5.16 Å². The highest BCUT2D eigenvalue weighted by Crippen LogP contribution is 2.35. The van der Waals surface area contributed by atoms with Crippen molar-refractivity contribution in [1.82, 2.24) is 9.97 Å². The van der Waals surface area contributed by atoms with E-state index in [0.29, 0.717) is 18.1 Å². The highest BCUT2D eigenvalue weighted by Gasteiger charge is 2.37. The fraction of sp³-hybridized carbons (Fsp3) is 0.150. The molecular weight excluding hydrogens is 314 g/mol. The summed E-state index contributed by atoms with van der Waals surface area (Å²) in [5, 5.41) is 4.08. The molecule has 1 aliphatic heterocycles. The lowest BCUT2D eigenvalue weighted by atomic mass is 9.91. The van der Waals surface area contributed by atoms with Crippen LogP contribution in [0.25, 0.3) is 11.1 Å². The van der Waals surface area contributed by atoms with E-state index in [1.807, 2.05) is 25.1 Å². The predicted octanol–water partition coefficient (Wildman–Crippen LogP) is 4.17. The van der Waals surface area contributed by atoms with E-state index in [2.05, 4.69) is 51.5 Å². The van der Waals surface area contributed by atoms with Gasteiger partial charge in [-0.15, -0.1) is 0 Å². The Kier molecular flexibility index (Phi) is 3.90. The van der Waals surface area contributed by atoms with Gasteiger partial charge in [0, 0.05) is 0 Å². The molecule has 1 aromatic heterocycles. The number of ether oxygens (including phenoxy) is 1. The summed E-state index contributed by atoms with van der Waals surface area (Å²) >= 11 is 0. The molecule has 0 saturated heterocycles. The van der Waals surface area contributed by atoms with E-state index >= 15 is 0 Å². The molecule has 0 saturated carbocycles. The van der Waals surface area contributed by atoms with Crippen molar-refractivity contribution in [2.45, 2.75) is 18.9 Å². The highest BCUT2D eigenvalue weighted by molar-refractivity contribution is 5.80. The molecule has 25 heavy (non-hydrogen) atoms. The lowest BCUT2D eigenvalue weighted by molar-refractivity contribution is -0.00738. The summed E-state index contributed by atoms with van der Waals surface area (Å²) in [6.45, 7) is 2.01. The molecule has 2 aromatic carbocycles. The Morgan fingerprint density at radius 2 is 1.60 bits per heavy atom. The van der Waals surface area contributed by atoms with Gasteiger partial charge in [0.2, 0.25) is 5.90 Å². The van der Waals surface area contributed by atoms with Crippen LogP contribution in [0, 0.1) is 0 Å². The average molecular weight is 331 g/mol. The van der Waals surface area contributed by atoms with Gasteiger partial charge in [-0.05, 0) is 23.6 Å². The van der Waals surface area contributed by atoms with Crippen LogP contribution in [0.4, 0.5) is 0 Å². The second kappa shape index (κ2) is 6.36. The molecule has 0 bridgehead atoms. The van der Waals surface area contributed by atoms with Gasteiger partial charge in [0.1, 0.15) is 6.33 Å². The molecule has 5 nitrogen and oxygen atoms in total. The van der Waals surface area contributed by atoms with Crippen molar-refractivity contribution in [2.75, 3.05) is 0 Å². The molecule has 4 rings (SSSR count). The zero-order chi connectivity index (χ0) is 17.1. The van der Waals surface area contributed by atoms with E-state index in [9.17, 15) is 0 Å². The summed E-state index contributed by atoms with van der Waals surface area (Å²) in [6.07, 6.45) is 5.20. The predicted molar refractivity (Wildman–Crippen MR) is 95.0 cm³/mol. The normalized spacial score (nSPS) is 19.2. The second-order valence-electron chi connectivity index (χ2n) is 6.10. The molecule has 3 aromatic rings. The molecule has 0 N–H and O–H groups in total. The van der Waals surface area contributed by atoms with Crippen LogP contribution in [0.3, 0.4) is 0 Å². The maximum Gasteiger partial charge on any atom is 0.235 e. The number of nitrogens with zero attached hydrogens (tertiary/aromatic N) is 3. The van der Waals surface area contributed by atoms with E-state index in [0.717, 1.165) is 5.56 Å². The Bertz CT molecular complexity index is 880. The Labute approximate surface area is 146 Å². The van der Waals surface area contributed by atoms with Gasteiger partial charge in [-0.2, -0.15) is 0 Å². The first-order valence-corrected chi connectivity index (χ1v) is 8.07. The molecule has 0 aliphatic carbocycles. The number of aromatic nitrogens is 2. The molecular formula is C20H17N3O2. The fourth-order valence-electron chi connectivity index (χ4n) is 2.83. The zero-order valence-corrected chi connectivity index (χ0v) is 13.8. The smallest absolute Gasteiger partial charge is 0.235 e. The lowest BCUT2D eigenvalue weighted by Gasteiger charge is -2.21. The SMILES string of the molecule is C[C@]1(c2ccc(-c3ccccc3)cc2)CC(Oc2cncnc2)=NO1. The van der Waals surface area contributed by atoms with Crippen LogP contribution in [0.5, 0.6) is 5.75 Å². The molecule has 124 valence electrons. The van der Waals surface area contributed by atoms with Crippen molar-refractivity contribution in [3.05, 3.63) is 78.9 Å². The molecule has 1 aliphatic rings. The number of hydrogen-bond acceptors (Lipinski definition) is 5. The maximum absolute atomic E-state index is 5.69. The minimum Gasteiger partial charge on any atom is -0.436 e. The Balaban J connectivity index is 1.49. The van der Waals surface area contributed by atoms with Crippen molar-refractivity contribution in [1.29, 1.82) is 0 Å². The second-order valence-corrected chi connectivity index (χ2v) is 6.10. The third-order valence-electron chi connectivity index (χ3n) is 4.21. The van der Waals surface area contributed by atoms with Gasteiger partial charge >= 0.3 is 0 Å². The molecule has 1 atom stereocenters. The van der Waals surface area contributed by atoms with Gasteiger partial charge in [-0.25, -0.2) is 9.97 Å². The Hall–Kier alpha value is -3.21. The van der Waals surface area contributed by atoms with Gasteiger partial charge in [-0.1, -0.05) is 59.8 Å². The largest absolute Gasteiger partial charge is 0.436 e. The van der Waals surface area contributed by atoms with Gasteiger partial charge in [0.15, 0.2) is 11.4 Å². The summed E-state index contributed by atoms with van der Waals surface area (Å²) in [4.78, 5) is 13.5. The quantitative estimate of drug-likeness (QED) is 0.723. The highest BCUT2D eigenvalue weighted by atomic mass is 16.7. The number of rotatable bonds is 3. The summed E-state index contributed by atoms with van der Waals surface area (Å²) in [5.74, 6) is 1.07. The van der Waals surface area contributed by atoms with Crippen LogP contribution in [-0.2, 0) is 10.4 Å². The molecule has 0 spiro atoms. The zero-order valence-electron chi connectivity index (χ0n) is 13.8. The van der Waals surface area contributed by atoms with E-state index in [4.69, 9.17) is 9.57 Å². The molecule has 0 fully saturated rings. The van der Waals surface area contributed by atoms with E-state index < -0.39 is 5.60 Å². The van der Waals surface area contributed by atoms with E-state index in [1.54, 1.807) is 12.4 Å². The Morgan fingerprint density at radius 1 is 0.920 bits per heavy atom. The van der Waals surface area contributed by atoms with Crippen LogP contribution in [0.2, 0.25) is 0 Å². The number of hydrogen-bond donors (Lipinski definition) is 0. The third-order valence-corrected chi connectivity index (χ3v) is 4.21. The van der Waals surface area contributed by atoms with E-state index in [-0.39, 0.29) is 0 Å². The first-order valence-electron chi connectivity index (χ1n) is 8.07. The van der Waals surface area contributed by atoms with Crippen LogP contribution >= 0.6 is 0 Å². The van der Waals surface area contributed by atoms with E-state index in [1.165, 1.54) is 17.5 Å². The number of benzene rings is 2. The van der Waals surface area contributed by atoms with Crippen molar-refractivity contribution in [3.8, 4) is 16.9 Å². The van der Waals surface area contributed by atoms with Crippen LogP contribution in [0.15, 0.2) is 78.5 Å². The van der Waals surface area contributed by atoms with Gasteiger partial charge < -0.3 is 9.57 Å². The van der Waals surface area contributed by atoms with Gasteiger partial charge in [0.05, 0.1) is 18.8 Å². The molecule has 0 unspecified atom stereocenters. The standard InChI is InChI=1S/C20H17N3O2/c1-20(11-19(23-25-20)24-18-12-21-14-22-13-18)17-9-7-16(8-10-17)15-5-3-2-4-6-15/h2-10,12-14H,11H2,1H3/t20-/m1/s1. The monoisotopic (exact) mass is 331 g/mol. The maximum atomic E-state index is 5.69. The Morgan fingerprint density at radius 3 is 2.32 bits per heavy atom. The minimum atomic E-state index is -0.541. The van der Waals surface area contributed by atoms with Crippen molar-refractivity contribution < 1.29 is 9.57 Å². The fourth-order valence-corrected chi connectivity index (χ4v) is 2.83. The third kappa shape index (κ3) is 3.21. The minimum absolute atomic E-state index is 0.518. The first kappa shape index (κ1) is 15.3. The van der Waals surface area contributed by atoms with Gasteiger partial charge in [-0.3, -0.25) is 0 Å². The molecule has 0 radical (unpaired) electrons. The summed E-state index contributed by atoms with van der Waals surface area (Å²) in [6, 6.07) is 18.6. The number of oxime groups is 1. The average Bonchev–Trinajstić information content (AvgIpc) is 3.05. The van der Waals surface area contributed by atoms with Crippen molar-refractivity contribution in [3.63, 3.8) is 0 Å². The first-order chi connectivity index (χ1) is 12.2. The molecule has 0 amide bonds. The lowest BCUT2D eigenvalue weighted by Crippen LogP contribution is -2.23.